The van der Waals surface area contributed by atoms with Gasteiger partial charge in [-0.2, -0.15) is 0 Å². The molecule has 0 radical (unpaired) electrons. The zero-order valence-corrected chi connectivity index (χ0v) is 12.5. The van der Waals surface area contributed by atoms with Gasteiger partial charge in [-0.3, -0.25) is 4.79 Å². The maximum absolute atomic E-state index is 12.9. The van der Waals surface area contributed by atoms with Crippen molar-refractivity contribution >= 4 is 5.91 Å². The van der Waals surface area contributed by atoms with Gasteiger partial charge >= 0.3 is 0 Å². The molecule has 1 amide bonds. The Morgan fingerprint density at radius 3 is 2.86 bits per heavy atom. The smallest absolute Gasteiger partial charge is 0.259 e. The van der Waals surface area contributed by atoms with Gasteiger partial charge in [0.1, 0.15) is 0 Å². The van der Waals surface area contributed by atoms with Gasteiger partial charge in [-0.05, 0) is 18.4 Å². The lowest BCUT2D eigenvalue weighted by Crippen LogP contribution is -2.49. The molecule has 0 aromatic heterocycles. The number of benzene rings is 1. The van der Waals surface area contributed by atoms with Gasteiger partial charge in [-0.25, -0.2) is 0 Å². The number of methoxy groups -OCH3 is 1. The average molecular weight is 289 g/mol. The van der Waals surface area contributed by atoms with Gasteiger partial charge in [0.15, 0.2) is 5.60 Å². The number of aliphatic hydroxyl groups is 1. The Bertz CT molecular complexity index is 488. The molecule has 0 spiro atoms. The van der Waals surface area contributed by atoms with E-state index in [1.54, 1.807) is 30.2 Å². The summed E-state index contributed by atoms with van der Waals surface area (Å²) >= 11 is 0. The fourth-order valence-electron chi connectivity index (χ4n) is 2.96. The van der Waals surface area contributed by atoms with Crippen LogP contribution in [0.3, 0.4) is 0 Å². The summed E-state index contributed by atoms with van der Waals surface area (Å²) in [6.45, 7) is 4.85. The molecular weight excluding hydrogens is 266 g/mol. The van der Waals surface area contributed by atoms with Crippen LogP contribution in [-0.2, 0) is 15.1 Å². The second kappa shape index (κ2) is 6.87. The first-order valence-corrected chi connectivity index (χ1v) is 7.32. The highest BCUT2D eigenvalue weighted by atomic mass is 16.5. The van der Waals surface area contributed by atoms with Gasteiger partial charge in [-0.1, -0.05) is 36.4 Å². The summed E-state index contributed by atoms with van der Waals surface area (Å²) in [6, 6.07) is 9.13. The summed E-state index contributed by atoms with van der Waals surface area (Å²) < 4.78 is 5.19. The molecule has 4 heteroatoms. The molecule has 114 valence electrons. The summed E-state index contributed by atoms with van der Waals surface area (Å²) in [4.78, 5) is 14.7. The molecule has 1 N–H and O–H groups in total. The van der Waals surface area contributed by atoms with Crippen molar-refractivity contribution in [3.05, 3.63) is 48.6 Å². The van der Waals surface area contributed by atoms with Gasteiger partial charge in [-0.15, -0.1) is 6.58 Å². The topological polar surface area (TPSA) is 49.8 Å². The summed E-state index contributed by atoms with van der Waals surface area (Å²) in [5, 5.41) is 11.0. The Kier molecular flexibility index (Phi) is 5.15. The maximum atomic E-state index is 12.9. The van der Waals surface area contributed by atoms with Crippen LogP contribution >= 0.6 is 0 Å². The van der Waals surface area contributed by atoms with Gasteiger partial charge in [0.05, 0.1) is 12.6 Å². The van der Waals surface area contributed by atoms with Crippen molar-refractivity contribution in [2.45, 2.75) is 30.9 Å². The minimum atomic E-state index is -1.54. The van der Waals surface area contributed by atoms with Crippen molar-refractivity contribution in [3.63, 3.8) is 0 Å². The zero-order valence-electron chi connectivity index (χ0n) is 12.5. The van der Waals surface area contributed by atoms with E-state index in [9.17, 15) is 9.90 Å². The van der Waals surface area contributed by atoms with E-state index in [4.69, 9.17) is 4.74 Å². The number of hydrogen-bond donors (Lipinski definition) is 1. The molecule has 1 aromatic rings. The highest BCUT2D eigenvalue weighted by Gasteiger charge is 2.43. The van der Waals surface area contributed by atoms with E-state index in [2.05, 4.69) is 6.58 Å². The Hall–Kier alpha value is -1.65. The number of nitrogens with zero attached hydrogens (tertiary/aromatic N) is 1. The molecule has 4 nitrogen and oxygen atoms in total. The van der Waals surface area contributed by atoms with Crippen LogP contribution in [0, 0.1) is 0 Å². The fourth-order valence-corrected chi connectivity index (χ4v) is 2.96. The van der Waals surface area contributed by atoms with Gasteiger partial charge < -0.3 is 14.7 Å². The van der Waals surface area contributed by atoms with E-state index < -0.39 is 5.60 Å². The highest BCUT2D eigenvalue weighted by Crippen LogP contribution is 2.31. The van der Waals surface area contributed by atoms with E-state index in [0.717, 1.165) is 12.8 Å². The second-order valence-corrected chi connectivity index (χ2v) is 5.47. The lowest BCUT2D eigenvalue weighted by Gasteiger charge is -2.34. The maximum Gasteiger partial charge on any atom is 0.259 e. The normalized spacial score (nSPS) is 21.0. The number of hydrogen-bond acceptors (Lipinski definition) is 3. The Morgan fingerprint density at radius 1 is 1.52 bits per heavy atom. The van der Waals surface area contributed by atoms with Crippen LogP contribution in [-0.4, -0.2) is 42.2 Å². The van der Waals surface area contributed by atoms with Crippen molar-refractivity contribution < 1.29 is 14.6 Å². The number of amides is 1. The van der Waals surface area contributed by atoms with Crippen molar-refractivity contribution in [1.82, 2.24) is 4.90 Å². The molecule has 2 atom stereocenters. The Balaban J connectivity index is 2.29. The number of carbonyl (C=O) groups excluding carboxylic acids is 1. The van der Waals surface area contributed by atoms with Crippen LogP contribution in [0.25, 0.3) is 0 Å². The van der Waals surface area contributed by atoms with Crippen LogP contribution in [0.5, 0.6) is 0 Å². The minimum absolute atomic E-state index is 0.0440. The first kappa shape index (κ1) is 15.7. The molecule has 21 heavy (non-hydrogen) atoms. The molecule has 1 aliphatic rings. The largest absolute Gasteiger partial charge is 0.383 e. The van der Waals surface area contributed by atoms with Crippen molar-refractivity contribution in [3.8, 4) is 0 Å². The molecule has 0 aliphatic carbocycles. The molecule has 1 aliphatic heterocycles. The molecule has 0 saturated carbocycles. The fraction of sp³-hybridized carbons (Fsp3) is 0.471. The quantitative estimate of drug-likeness (QED) is 0.816. The van der Waals surface area contributed by atoms with Crippen LogP contribution in [0.4, 0.5) is 0 Å². The van der Waals surface area contributed by atoms with Crippen LogP contribution in [0.1, 0.15) is 24.8 Å². The predicted molar refractivity (Wildman–Crippen MR) is 81.8 cm³/mol. The van der Waals surface area contributed by atoms with Gasteiger partial charge in [0.2, 0.25) is 0 Å². The van der Waals surface area contributed by atoms with Crippen molar-refractivity contribution in [2.24, 2.45) is 0 Å². The summed E-state index contributed by atoms with van der Waals surface area (Å²) in [7, 11) is 1.63. The first-order chi connectivity index (χ1) is 10.1. The molecule has 1 heterocycles. The summed E-state index contributed by atoms with van der Waals surface area (Å²) in [5.41, 5.74) is -0.933. The zero-order chi connectivity index (χ0) is 15.3. The lowest BCUT2D eigenvalue weighted by atomic mass is 9.88. The minimum Gasteiger partial charge on any atom is -0.383 e. The summed E-state index contributed by atoms with van der Waals surface area (Å²) in [5.74, 6) is -0.256. The number of ether oxygens (including phenoxy) is 1. The standard InChI is InChI=1S/C17H23NO3/c1-3-11-17(20,14-8-5-4-6-9-14)16(19)18-12-7-10-15(18)13-21-2/h3-6,8-9,15,20H,1,7,10-13H2,2H3/t15-,17?/m0/s1. The highest BCUT2D eigenvalue weighted by molar-refractivity contribution is 5.87. The SMILES string of the molecule is C=CCC(O)(C(=O)N1CCC[C@H]1COC)c1ccccc1. The molecule has 1 fully saturated rings. The third kappa shape index (κ3) is 3.17. The van der Waals surface area contributed by atoms with E-state index >= 15 is 0 Å². The molecule has 2 rings (SSSR count). The lowest BCUT2D eigenvalue weighted by molar-refractivity contribution is -0.154. The Morgan fingerprint density at radius 2 is 2.24 bits per heavy atom. The van der Waals surface area contributed by atoms with Crippen molar-refractivity contribution in [2.75, 3.05) is 20.3 Å². The van der Waals surface area contributed by atoms with E-state index in [-0.39, 0.29) is 18.4 Å². The molecule has 0 bridgehead atoms. The number of rotatable bonds is 6. The second-order valence-electron chi connectivity index (χ2n) is 5.47. The van der Waals surface area contributed by atoms with Crippen molar-refractivity contribution in [1.29, 1.82) is 0 Å². The van der Waals surface area contributed by atoms with Crippen LogP contribution < -0.4 is 0 Å². The third-order valence-corrected chi connectivity index (χ3v) is 4.04. The molecular formula is C17H23NO3. The summed E-state index contributed by atoms with van der Waals surface area (Å²) in [6.07, 6.45) is 3.65. The molecule has 1 aromatic carbocycles. The first-order valence-electron chi connectivity index (χ1n) is 7.32. The van der Waals surface area contributed by atoms with Gasteiger partial charge in [0.25, 0.3) is 5.91 Å². The van der Waals surface area contributed by atoms with Crippen LogP contribution in [0.2, 0.25) is 0 Å². The molecule has 1 unspecified atom stereocenters. The monoisotopic (exact) mass is 289 g/mol. The van der Waals surface area contributed by atoms with Gasteiger partial charge in [0, 0.05) is 20.1 Å². The van der Waals surface area contributed by atoms with Crippen LogP contribution in [0.15, 0.2) is 43.0 Å². The van der Waals surface area contributed by atoms with E-state index in [0.29, 0.717) is 18.7 Å². The molecule has 1 saturated heterocycles. The predicted octanol–water partition coefficient (Wildman–Crippen LogP) is 2.09. The van der Waals surface area contributed by atoms with E-state index in [1.165, 1.54) is 0 Å². The average Bonchev–Trinajstić information content (AvgIpc) is 2.96. The number of likely N-dealkylation sites (tertiary alicyclic amines) is 1. The van der Waals surface area contributed by atoms with E-state index in [1.807, 2.05) is 18.2 Å². The third-order valence-electron chi connectivity index (χ3n) is 4.04. The number of carbonyl (C=O) groups is 1. The Labute approximate surface area is 126 Å².